The number of H-pyrrole nitrogens is 2. The predicted molar refractivity (Wildman–Crippen MR) is 91.2 cm³/mol. The zero-order chi connectivity index (χ0) is 17.3. The van der Waals surface area contributed by atoms with Crippen molar-refractivity contribution in [1.29, 1.82) is 0 Å². The van der Waals surface area contributed by atoms with Crippen molar-refractivity contribution >= 4 is 40.8 Å². The Morgan fingerprint density at radius 2 is 1.79 bits per heavy atom. The number of rotatable bonds is 3. The fourth-order valence-electron chi connectivity index (χ4n) is 2.33. The number of imidazole rings is 1. The molecule has 8 heteroatoms. The molecule has 0 saturated carbocycles. The van der Waals surface area contributed by atoms with E-state index in [4.69, 9.17) is 12.2 Å². The molecule has 0 aliphatic heterocycles. The van der Waals surface area contributed by atoms with Crippen molar-refractivity contribution in [3.63, 3.8) is 0 Å². The maximum Gasteiger partial charge on any atom is 0.257 e. The molecule has 0 unspecified atom stereocenters. The molecular formula is C16H13FN4O2S. The first kappa shape index (κ1) is 15.9. The molecule has 2 amide bonds. The Hall–Kier alpha value is -3.00. The summed E-state index contributed by atoms with van der Waals surface area (Å²) in [4.78, 5) is 29.5. The van der Waals surface area contributed by atoms with Gasteiger partial charge >= 0.3 is 0 Å². The normalized spacial score (nSPS) is 10.6. The molecule has 6 nitrogen and oxygen atoms in total. The van der Waals surface area contributed by atoms with Gasteiger partial charge in [-0.3, -0.25) is 9.59 Å². The van der Waals surface area contributed by atoms with Crippen molar-refractivity contribution < 1.29 is 14.0 Å². The van der Waals surface area contributed by atoms with Gasteiger partial charge in [0.05, 0.1) is 16.6 Å². The summed E-state index contributed by atoms with van der Waals surface area (Å²) in [7, 11) is 1.54. The number of benzene rings is 2. The molecule has 1 heterocycles. The van der Waals surface area contributed by atoms with Crippen LogP contribution in [0.25, 0.3) is 11.0 Å². The number of nitrogens with one attached hydrogen (secondary N) is 4. The van der Waals surface area contributed by atoms with E-state index in [1.807, 2.05) is 0 Å². The fourth-order valence-corrected chi connectivity index (χ4v) is 2.55. The number of hydrogen-bond acceptors (Lipinski definition) is 3. The lowest BCUT2D eigenvalue weighted by molar-refractivity contribution is 0.0962. The first-order chi connectivity index (χ1) is 11.5. The summed E-state index contributed by atoms with van der Waals surface area (Å²) < 4.78 is 14.0. The number of anilines is 1. The Kier molecular flexibility index (Phi) is 4.13. The SMILES string of the molecule is CNC(=O)c1ccc(NC(=O)c2cc(F)cc3[nH]c(=S)[nH]c23)cc1. The van der Waals surface area contributed by atoms with Gasteiger partial charge in [0.2, 0.25) is 0 Å². The molecule has 0 atom stereocenters. The van der Waals surface area contributed by atoms with E-state index in [0.29, 0.717) is 27.1 Å². The first-order valence-electron chi connectivity index (χ1n) is 7.03. The fraction of sp³-hybridized carbons (Fsp3) is 0.0625. The molecule has 0 radical (unpaired) electrons. The minimum Gasteiger partial charge on any atom is -0.355 e. The van der Waals surface area contributed by atoms with Crippen LogP contribution >= 0.6 is 12.2 Å². The number of aromatic amines is 2. The van der Waals surface area contributed by atoms with Gasteiger partial charge in [-0.2, -0.15) is 0 Å². The lowest BCUT2D eigenvalue weighted by Crippen LogP contribution is -2.18. The molecule has 3 rings (SSSR count). The van der Waals surface area contributed by atoms with Crippen LogP contribution in [-0.2, 0) is 0 Å². The van der Waals surface area contributed by atoms with Crippen molar-refractivity contribution in [3.8, 4) is 0 Å². The molecule has 0 saturated heterocycles. The highest BCUT2D eigenvalue weighted by Gasteiger charge is 2.14. The van der Waals surface area contributed by atoms with E-state index >= 15 is 0 Å². The minimum absolute atomic E-state index is 0.132. The van der Waals surface area contributed by atoms with Crippen molar-refractivity contribution in [1.82, 2.24) is 15.3 Å². The third-order valence-electron chi connectivity index (χ3n) is 3.47. The summed E-state index contributed by atoms with van der Waals surface area (Å²) in [5.74, 6) is -1.26. The molecule has 0 bridgehead atoms. The van der Waals surface area contributed by atoms with Crippen molar-refractivity contribution in [2.24, 2.45) is 0 Å². The summed E-state index contributed by atoms with van der Waals surface area (Å²) in [6, 6.07) is 8.75. The van der Waals surface area contributed by atoms with Gasteiger partial charge in [-0.1, -0.05) is 0 Å². The number of hydrogen-bond donors (Lipinski definition) is 4. The molecule has 24 heavy (non-hydrogen) atoms. The van der Waals surface area contributed by atoms with Gasteiger partial charge in [-0.05, 0) is 48.6 Å². The summed E-state index contributed by atoms with van der Waals surface area (Å²) in [5, 5.41) is 5.18. The van der Waals surface area contributed by atoms with E-state index in [0.717, 1.165) is 6.07 Å². The second-order valence-corrected chi connectivity index (χ2v) is 5.47. The number of halogens is 1. The quantitative estimate of drug-likeness (QED) is 0.551. The Bertz CT molecular complexity index is 991. The second-order valence-electron chi connectivity index (χ2n) is 5.07. The van der Waals surface area contributed by atoms with Gasteiger partial charge in [0, 0.05) is 18.3 Å². The van der Waals surface area contributed by atoms with Crippen LogP contribution in [0.5, 0.6) is 0 Å². The Labute approximate surface area is 141 Å². The monoisotopic (exact) mass is 344 g/mol. The molecular weight excluding hydrogens is 331 g/mol. The highest BCUT2D eigenvalue weighted by molar-refractivity contribution is 7.71. The molecule has 0 aliphatic carbocycles. The average molecular weight is 344 g/mol. The van der Waals surface area contributed by atoms with Crippen molar-refractivity contribution in [3.05, 3.63) is 58.1 Å². The van der Waals surface area contributed by atoms with Crippen LogP contribution < -0.4 is 10.6 Å². The molecule has 1 aromatic heterocycles. The van der Waals surface area contributed by atoms with Gasteiger partial charge in [-0.25, -0.2) is 4.39 Å². The van der Waals surface area contributed by atoms with Crippen LogP contribution in [0.2, 0.25) is 0 Å². The number of amides is 2. The van der Waals surface area contributed by atoms with E-state index in [9.17, 15) is 14.0 Å². The molecule has 2 aromatic carbocycles. The van der Waals surface area contributed by atoms with Crippen LogP contribution in [-0.4, -0.2) is 28.8 Å². The average Bonchev–Trinajstić information content (AvgIpc) is 2.93. The van der Waals surface area contributed by atoms with Crippen LogP contribution in [0.3, 0.4) is 0 Å². The third-order valence-corrected chi connectivity index (χ3v) is 3.67. The predicted octanol–water partition coefficient (Wildman–Crippen LogP) is 2.98. The maximum absolute atomic E-state index is 13.7. The van der Waals surface area contributed by atoms with E-state index in [1.165, 1.54) is 13.1 Å². The van der Waals surface area contributed by atoms with Crippen molar-refractivity contribution in [2.75, 3.05) is 12.4 Å². The van der Waals surface area contributed by atoms with Crippen LogP contribution in [0.1, 0.15) is 20.7 Å². The third kappa shape index (κ3) is 3.04. The number of carbonyl (C=O) groups excluding carboxylic acids is 2. The largest absolute Gasteiger partial charge is 0.355 e. The Morgan fingerprint density at radius 3 is 2.46 bits per heavy atom. The van der Waals surface area contributed by atoms with Crippen LogP contribution in [0.15, 0.2) is 36.4 Å². The summed E-state index contributed by atoms with van der Waals surface area (Å²) in [6.07, 6.45) is 0. The van der Waals surface area contributed by atoms with Gasteiger partial charge < -0.3 is 20.6 Å². The van der Waals surface area contributed by atoms with Gasteiger partial charge in [0.25, 0.3) is 11.8 Å². The van der Waals surface area contributed by atoms with E-state index in [1.54, 1.807) is 24.3 Å². The zero-order valence-electron chi connectivity index (χ0n) is 12.6. The minimum atomic E-state index is -0.548. The topological polar surface area (TPSA) is 89.8 Å². The molecule has 4 N–H and O–H groups in total. The standard InChI is InChI=1S/C16H13FN4O2S/c1-18-14(22)8-2-4-10(5-3-8)19-15(23)11-6-9(17)7-12-13(11)21-16(24)20-12/h2-7H,1H3,(H,18,22)(H,19,23)(H2,20,21,24). The van der Waals surface area contributed by atoms with Gasteiger partial charge in [-0.15, -0.1) is 0 Å². The highest BCUT2D eigenvalue weighted by Crippen LogP contribution is 2.19. The van der Waals surface area contributed by atoms with E-state index < -0.39 is 11.7 Å². The highest BCUT2D eigenvalue weighted by atomic mass is 32.1. The molecule has 3 aromatic rings. The lowest BCUT2D eigenvalue weighted by atomic mass is 10.1. The molecule has 122 valence electrons. The van der Waals surface area contributed by atoms with E-state index in [-0.39, 0.29) is 11.5 Å². The second kappa shape index (κ2) is 6.25. The molecule has 0 aliphatic rings. The van der Waals surface area contributed by atoms with Crippen LogP contribution in [0.4, 0.5) is 10.1 Å². The number of aromatic nitrogens is 2. The Morgan fingerprint density at radius 1 is 1.08 bits per heavy atom. The van der Waals surface area contributed by atoms with Gasteiger partial charge in [0.1, 0.15) is 5.82 Å². The number of fused-ring (bicyclic) bond motifs is 1. The van der Waals surface area contributed by atoms with Gasteiger partial charge in [0.15, 0.2) is 4.77 Å². The zero-order valence-corrected chi connectivity index (χ0v) is 13.4. The summed E-state index contributed by atoms with van der Waals surface area (Å²) in [5.41, 5.74) is 1.94. The maximum atomic E-state index is 13.7. The Balaban J connectivity index is 1.90. The van der Waals surface area contributed by atoms with E-state index in [2.05, 4.69) is 20.6 Å². The molecule has 0 fully saturated rings. The lowest BCUT2D eigenvalue weighted by Gasteiger charge is -2.07. The molecule has 0 spiro atoms. The summed E-state index contributed by atoms with van der Waals surface area (Å²) >= 11 is 4.98. The number of carbonyl (C=O) groups is 2. The van der Waals surface area contributed by atoms with Crippen LogP contribution in [0, 0.1) is 10.6 Å². The first-order valence-corrected chi connectivity index (χ1v) is 7.44. The smallest absolute Gasteiger partial charge is 0.257 e. The summed E-state index contributed by atoms with van der Waals surface area (Å²) in [6.45, 7) is 0. The van der Waals surface area contributed by atoms with Crippen molar-refractivity contribution in [2.45, 2.75) is 0 Å².